The van der Waals surface area contributed by atoms with Crippen molar-refractivity contribution in [3.05, 3.63) is 109 Å². The lowest BCUT2D eigenvalue weighted by Crippen LogP contribution is -2.31. The Kier molecular flexibility index (Phi) is 11.5. The topological polar surface area (TPSA) is 124 Å². The predicted octanol–water partition coefficient (Wildman–Crippen LogP) is 7.11. The van der Waals surface area contributed by atoms with Crippen molar-refractivity contribution in [1.29, 1.82) is 0 Å². The molecule has 1 atom stereocenters. The summed E-state index contributed by atoms with van der Waals surface area (Å²) in [5.41, 5.74) is 2.60. The van der Waals surface area contributed by atoms with Gasteiger partial charge in [0.25, 0.3) is 0 Å². The highest BCUT2D eigenvalue weighted by Crippen LogP contribution is 2.35. The third-order valence-electron chi connectivity index (χ3n) is 10.1. The summed E-state index contributed by atoms with van der Waals surface area (Å²) in [4.78, 5) is 6.17. The van der Waals surface area contributed by atoms with E-state index in [1.54, 1.807) is 54.6 Å². The molecule has 0 fully saturated rings. The molecule has 6 aromatic rings. The van der Waals surface area contributed by atoms with Gasteiger partial charge in [-0.1, -0.05) is 72.8 Å². The van der Waals surface area contributed by atoms with E-state index in [9.17, 15) is 25.3 Å². The van der Waals surface area contributed by atoms with Gasteiger partial charge in [-0.15, -0.1) is 0 Å². The minimum absolute atomic E-state index is 0.00122. The van der Waals surface area contributed by atoms with Crippen molar-refractivity contribution >= 4 is 79.1 Å². The Bertz CT molecular complexity index is 2590. The van der Waals surface area contributed by atoms with Gasteiger partial charge in [0.05, 0.1) is 25.7 Å². The molecule has 10 nitrogen and oxygen atoms in total. The number of sulfone groups is 2. The third-order valence-corrected chi connectivity index (χ3v) is 15.8. The number of rotatable bonds is 15. The second-order valence-electron chi connectivity index (χ2n) is 14.4. The summed E-state index contributed by atoms with van der Waals surface area (Å²) < 4.78 is 87.5. The van der Waals surface area contributed by atoms with Crippen molar-refractivity contribution in [2.24, 2.45) is 0 Å². The Morgan fingerprint density at radius 1 is 0.473 bits per heavy atom. The van der Waals surface area contributed by atoms with Crippen molar-refractivity contribution in [3.63, 3.8) is 0 Å². The molecule has 0 heterocycles. The standard InChI is InChI=1S/C42H48N4O6S3/c1-44(2)37-21-7-18-34-31(37)15-10-24-40(34)53(47,48)29-13-14-30(54(49,50)41-25-11-16-32-35(41)19-8-22-38(32)45(3)4)27-28-43-55(51,52)42-26-12-17-33-36(42)20-9-23-39(33)46(5)6/h7-12,15-26,30,43H,13-14,27-29H2,1-6H3. The average molecular weight is 801 g/mol. The SMILES string of the molecule is CN(C)c1cccc2c(S(=O)(=O)CCCC(CCNS(=O)(=O)c3cccc4c(N(C)C)cccc34)S(=O)(=O)c3cccc4c(N(C)C)cccc34)cccc12. The van der Waals surface area contributed by atoms with Gasteiger partial charge in [-0.05, 0) is 55.7 Å². The molecular formula is C42H48N4O6S3. The number of hydrogen-bond donors (Lipinski definition) is 1. The first kappa shape index (κ1) is 40.0. The Labute approximate surface area is 325 Å². The third kappa shape index (κ3) is 8.02. The molecule has 0 radical (unpaired) electrons. The summed E-state index contributed by atoms with van der Waals surface area (Å²) in [6.45, 7) is -0.174. The van der Waals surface area contributed by atoms with Gasteiger partial charge in [-0.25, -0.2) is 30.0 Å². The zero-order valence-corrected chi connectivity index (χ0v) is 34.5. The highest BCUT2D eigenvalue weighted by atomic mass is 32.2. The quantitative estimate of drug-likeness (QED) is 0.116. The van der Waals surface area contributed by atoms with E-state index in [1.165, 1.54) is 6.07 Å². The van der Waals surface area contributed by atoms with E-state index in [-0.39, 0.29) is 46.2 Å². The minimum Gasteiger partial charge on any atom is -0.377 e. The Hall–Kier alpha value is -4.69. The zero-order chi connectivity index (χ0) is 39.7. The lowest BCUT2D eigenvalue weighted by Gasteiger charge is -2.21. The number of benzene rings is 6. The van der Waals surface area contributed by atoms with Crippen molar-refractivity contribution in [2.75, 3.05) is 69.3 Å². The predicted molar refractivity (Wildman–Crippen MR) is 227 cm³/mol. The molecule has 1 N–H and O–H groups in total. The summed E-state index contributed by atoms with van der Waals surface area (Å²) in [5.74, 6) is -0.277. The van der Waals surface area contributed by atoms with E-state index < -0.39 is 34.9 Å². The summed E-state index contributed by atoms with van der Waals surface area (Å²) in [6.07, 6.45) is -0.0200. The normalized spacial score (nSPS) is 13.0. The lowest BCUT2D eigenvalue weighted by molar-refractivity contribution is 0.546. The molecule has 290 valence electrons. The molecule has 0 spiro atoms. The van der Waals surface area contributed by atoms with E-state index in [1.807, 2.05) is 106 Å². The highest BCUT2D eigenvalue weighted by Gasteiger charge is 2.31. The fraction of sp³-hybridized carbons (Fsp3) is 0.286. The second kappa shape index (κ2) is 15.8. The van der Waals surface area contributed by atoms with Crippen LogP contribution in [0, 0.1) is 0 Å². The molecule has 55 heavy (non-hydrogen) atoms. The molecule has 0 aliphatic rings. The molecule has 0 aliphatic heterocycles. The summed E-state index contributed by atoms with van der Waals surface area (Å²) >= 11 is 0. The van der Waals surface area contributed by atoms with Crippen molar-refractivity contribution in [2.45, 2.75) is 39.2 Å². The zero-order valence-electron chi connectivity index (χ0n) is 32.0. The van der Waals surface area contributed by atoms with Crippen LogP contribution in [0.3, 0.4) is 0 Å². The highest BCUT2D eigenvalue weighted by molar-refractivity contribution is 7.92. The molecule has 0 amide bonds. The first-order valence-corrected chi connectivity index (χ1v) is 22.8. The monoisotopic (exact) mass is 800 g/mol. The van der Waals surface area contributed by atoms with Gasteiger partial charge in [0.1, 0.15) is 0 Å². The number of nitrogens with one attached hydrogen (secondary N) is 1. The molecule has 0 aliphatic carbocycles. The van der Waals surface area contributed by atoms with E-state index in [4.69, 9.17) is 0 Å². The van der Waals surface area contributed by atoms with Crippen LogP contribution in [-0.4, -0.2) is 85.1 Å². The molecule has 0 aromatic heterocycles. The summed E-state index contributed by atoms with van der Waals surface area (Å²) in [6, 6.07) is 32.0. The fourth-order valence-corrected chi connectivity index (χ4v) is 12.2. The van der Waals surface area contributed by atoms with Gasteiger partial charge in [-0.3, -0.25) is 0 Å². The van der Waals surface area contributed by atoms with Gasteiger partial charge in [0, 0.05) is 98.2 Å². The van der Waals surface area contributed by atoms with Crippen LogP contribution in [0.2, 0.25) is 0 Å². The largest absolute Gasteiger partial charge is 0.377 e. The summed E-state index contributed by atoms with van der Waals surface area (Å²) in [7, 11) is -0.631. The number of hydrogen-bond acceptors (Lipinski definition) is 9. The first-order chi connectivity index (χ1) is 26.0. The van der Waals surface area contributed by atoms with Crippen molar-refractivity contribution in [1.82, 2.24) is 4.72 Å². The van der Waals surface area contributed by atoms with Crippen LogP contribution < -0.4 is 19.4 Å². The van der Waals surface area contributed by atoms with Crippen LogP contribution in [0.4, 0.5) is 17.1 Å². The Balaban J connectivity index is 1.31. The smallest absolute Gasteiger partial charge is 0.241 e. The van der Waals surface area contributed by atoms with Crippen LogP contribution in [-0.2, 0) is 29.7 Å². The number of fused-ring (bicyclic) bond motifs is 3. The molecule has 1 unspecified atom stereocenters. The minimum atomic E-state index is -4.09. The van der Waals surface area contributed by atoms with Gasteiger partial charge < -0.3 is 14.7 Å². The Morgan fingerprint density at radius 2 is 0.855 bits per heavy atom. The molecular weight excluding hydrogens is 753 g/mol. The average Bonchev–Trinajstić information content (AvgIpc) is 3.15. The molecule has 6 rings (SSSR count). The van der Waals surface area contributed by atoms with Gasteiger partial charge in [0.2, 0.25) is 10.0 Å². The number of sulfonamides is 1. The van der Waals surface area contributed by atoms with E-state index in [0.29, 0.717) is 16.2 Å². The number of nitrogens with zero attached hydrogens (tertiary/aromatic N) is 3. The fourth-order valence-electron chi connectivity index (χ4n) is 7.39. The summed E-state index contributed by atoms with van der Waals surface area (Å²) in [5, 5.41) is 2.95. The number of anilines is 3. The Morgan fingerprint density at radius 3 is 1.33 bits per heavy atom. The molecule has 0 saturated heterocycles. The van der Waals surface area contributed by atoms with Crippen LogP contribution >= 0.6 is 0 Å². The molecule has 0 saturated carbocycles. The maximum Gasteiger partial charge on any atom is 0.241 e. The maximum absolute atomic E-state index is 14.7. The van der Waals surface area contributed by atoms with Crippen LogP contribution in [0.15, 0.2) is 124 Å². The van der Waals surface area contributed by atoms with Crippen molar-refractivity contribution < 1.29 is 25.3 Å². The van der Waals surface area contributed by atoms with Gasteiger partial charge in [0.15, 0.2) is 19.7 Å². The van der Waals surface area contributed by atoms with Gasteiger partial charge >= 0.3 is 0 Å². The lowest BCUT2D eigenvalue weighted by atomic mass is 10.1. The van der Waals surface area contributed by atoms with Crippen LogP contribution in [0.1, 0.15) is 19.3 Å². The van der Waals surface area contributed by atoms with E-state index in [0.717, 1.165) is 33.2 Å². The second-order valence-corrected chi connectivity index (χ2v) is 20.4. The van der Waals surface area contributed by atoms with Crippen LogP contribution in [0.25, 0.3) is 32.3 Å². The van der Waals surface area contributed by atoms with Crippen molar-refractivity contribution in [3.8, 4) is 0 Å². The first-order valence-electron chi connectivity index (χ1n) is 18.1. The molecule has 6 aromatic carbocycles. The molecule has 0 bridgehead atoms. The maximum atomic E-state index is 14.7. The van der Waals surface area contributed by atoms with E-state index >= 15 is 0 Å². The van der Waals surface area contributed by atoms with Crippen LogP contribution in [0.5, 0.6) is 0 Å². The van der Waals surface area contributed by atoms with Gasteiger partial charge in [-0.2, -0.15) is 0 Å². The molecule has 13 heteroatoms. The van der Waals surface area contributed by atoms with E-state index in [2.05, 4.69) is 4.72 Å².